The van der Waals surface area contributed by atoms with Crippen LogP contribution < -0.4 is 4.74 Å². The van der Waals surface area contributed by atoms with Crippen LogP contribution in [0.5, 0.6) is 5.75 Å². The maximum atomic E-state index is 5.24. The summed E-state index contributed by atoms with van der Waals surface area (Å²) in [5, 5.41) is 15.7. The van der Waals surface area contributed by atoms with E-state index in [1.165, 1.54) is 11.0 Å². The van der Waals surface area contributed by atoms with Gasteiger partial charge in [0.15, 0.2) is 0 Å². The molecular formula is C19H16N6OS. The molecule has 0 saturated heterocycles. The summed E-state index contributed by atoms with van der Waals surface area (Å²) >= 11 is 5.13. The molecule has 0 aliphatic rings. The zero-order valence-corrected chi connectivity index (χ0v) is 15.3. The molecule has 0 saturated carbocycles. The molecule has 7 nitrogen and oxygen atoms in total. The molecule has 0 amide bonds. The van der Waals surface area contributed by atoms with Crippen molar-refractivity contribution in [1.29, 1.82) is 0 Å². The third-order valence-electron chi connectivity index (χ3n) is 3.98. The molecule has 134 valence electrons. The van der Waals surface area contributed by atoms with Gasteiger partial charge in [0.25, 0.3) is 0 Å². The predicted molar refractivity (Wildman–Crippen MR) is 106 cm³/mol. The van der Waals surface area contributed by atoms with Crippen molar-refractivity contribution in [1.82, 2.24) is 24.7 Å². The maximum absolute atomic E-state index is 5.24. The summed E-state index contributed by atoms with van der Waals surface area (Å²) < 4.78 is 8.99. The quantitative estimate of drug-likeness (QED) is 0.426. The monoisotopic (exact) mass is 376 g/mol. The normalized spacial score (nSPS) is 11.1. The molecule has 0 spiro atoms. The third-order valence-corrected chi connectivity index (χ3v) is 4.26. The SMILES string of the molecule is COc1ccc(-c2nn(-c3ccccc3)cc2/C=N\n2cn[nH]c2=S)cc1. The molecule has 0 unspecified atom stereocenters. The number of aromatic nitrogens is 5. The van der Waals surface area contributed by atoms with Crippen molar-refractivity contribution in [3.63, 3.8) is 0 Å². The Bertz CT molecular complexity index is 1120. The average molecular weight is 376 g/mol. The van der Waals surface area contributed by atoms with Gasteiger partial charge in [-0.25, -0.2) is 4.68 Å². The maximum Gasteiger partial charge on any atom is 0.216 e. The van der Waals surface area contributed by atoms with Crippen LogP contribution in [0.4, 0.5) is 0 Å². The molecule has 0 bridgehead atoms. The topological polar surface area (TPSA) is 73.0 Å². The first-order valence-corrected chi connectivity index (χ1v) is 8.61. The molecule has 8 heteroatoms. The van der Waals surface area contributed by atoms with E-state index >= 15 is 0 Å². The minimum absolute atomic E-state index is 0.424. The molecule has 0 atom stereocenters. The molecule has 4 aromatic rings. The van der Waals surface area contributed by atoms with Crippen LogP contribution in [0.25, 0.3) is 16.9 Å². The van der Waals surface area contributed by atoms with E-state index < -0.39 is 0 Å². The fourth-order valence-electron chi connectivity index (χ4n) is 2.62. The Kier molecular flexibility index (Phi) is 4.63. The first-order valence-electron chi connectivity index (χ1n) is 8.20. The molecule has 27 heavy (non-hydrogen) atoms. The number of para-hydroxylation sites is 1. The fraction of sp³-hybridized carbons (Fsp3) is 0.0526. The zero-order chi connectivity index (χ0) is 18.6. The number of nitrogens with one attached hydrogen (secondary N) is 1. The highest BCUT2D eigenvalue weighted by atomic mass is 32.1. The number of rotatable bonds is 5. The van der Waals surface area contributed by atoms with Crippen molar-refractivity contribution in [2.45, 2.75) is 0 Å². The number of H-pyrrole nitrogens is 1. The lowest BCUT2D eigenvalue weighted by atomic mass is 10.1. The number of hydrogen-bond donors (Lipinski definition) is 1. The molecule has 2 aromatic carbocycles. The Morgan fingerprint density at radius 2 is 1.89 bits per heavy atom. The van der Waals surface area contributed by atoms with Crippen molar-refractivity contribution in [2.24, 2.45) is 5.10 Å². The Morgan fingerprint density at radius 1 is 1.11 bits per heavy atom. The number of methoxy groups -OCH3 is 1. The van der Waals surface area contributed by atoms with Crippen LogP contribution in [0.3, 0.4) is 0 Å². The van der Waals surface area contributed by atoms with Crippen molar-refractivity contribution < 1.29 is 4.74 Å². The number of aromatic amines is 1. The van der Waals surface area contributed by atoms with E-state index in [2.05, 4.69) is 15.3 Å². The summed E-state index contributed by atoms with van der Waals surface area (Å²) in [7, 11) is 1.64. The van der Waals surface area contributed by atoms with Crippen LogP contribution in [-0.2, 0) is 0 Å². The van der Waals surface area contributed by atoms with Gasteiger partial charge in [0.1, 0.15) is 17.8 Å². The van der Waals surface area contributed by atoms with E-state index in [0.717, 1.165) is 28.3 Å². The van der Waals surface area contributed by atoms with Gasteiger partial charge in [0, 0.05) is 17.3 Å². The van der Waals surface area contributed by atoms with E-state index in [9.17, 15) is 0 Å². The smallest absolute Gasteiger partial charge is 0.216 e. The summed E-state index contributed by atoms with van der Waals surface area (Å²) in [6.07, 6.45) is 5.17. The summed E-state index contributed by atoms with van der Waals surface area (Å²) in [5.41, 5.74) is 3.59. The Labute approximate surface area is 160 Å². The highest BCUT2D eigenvalue weighted by Gasteiger charge is 2.11. The molecule has 0 fully saturated rings. The Hall–Kier alpha value is -3.52. The number of nitrogens with zero attached hydrogens (tertiary/aromatic N) is 5. The van der Waals surface area contributed by atoms with Gasteiger partial charge in [-0.3, -0.25) is 5.10 Å². The van der Waals surface area contributed by atoms with Crippen LogP contribution in [0, 0.1) is 4.77 Å². The molecule has 2 aromatic heterocycles. The van der Waals surface area contributed by atoms with Crippen LogP contribution >= 0.6 is 12.2 Å². The van der Waals surface area contributed by atoms with E-state index in [0.29, 0.717) is 4.77 Å². The largest absolute Gasteiger partial charge is 0.497 e. The van der Waals surface area contributed by atoms with Gasteiger partial charge >= 0.3 is 0 Å². The lowest BCUT2D eigenvalue weighted by molar-refractivity contribution is 0.415. The first-order chi connectivity index (χ1) is 13.2. The molecule has 0 radical (unpaired) electrons. The minimum Gasteiger partial charge on any atom is -0.497 e. The highest BCUT2D eigenvalue weighted by molar-refractivity contribution is 7.71. The molecular weight excluding hydrogens is 360 g/mol. The van der Waals surface area contributed by atoms with Crippen molar-refractivity contribution in [3.05, 3.63) is 77.5 Å². The molecule has 0 aliphatic heterocycles. The van der Waals surface area contributed by atoms with Gasteiger partial charge < -0.3 is 4.74 Å². The average Bonchev–Trinajstić information content (AvgIpc) is 3.33. The predicted octanol–water partition coefficient (Wildman–Crippen LogP) is 3.68. The van der Waals surface area contributed by atoms with Gasteiger partial charge in [0.2, 0.25) is 4.77 Å². The summed E-state index contributed by atoms with van der Waals surface area (Å²) in [6, 6.07) is 17.7. The minimum atomic E-state index is 0.424. The van der Waals surface area contributed by atoms with Gasteiger partial charge in [-0.2, -0.15) is 20.0 Å². The zero-order valence-electron chi connectivity index (χ0n) is 14.5. The van der Waals surface area contributed by atoms with Crippen molar-refractivity contribution >= 4 is 18.4 Å². The van der Waals surface area contributed by atoms with Crippen LogP contribution in [0.15, 0.2) is 72.2 Å². The summed E-state index contributed by atoms with van der Waals surface area (Å²) in [4.78, 5) is 0. The second-order valence-corrected chi connectivity index (χ2v) is 6.08. The highest BCUT2D eigenvalue weighted by Crippen LogP contribution is 2.25. The van der Waals surface area contributed by atoms with Gasteiger partial charge in [0.05, 0.1) is 19.0 Å². The molecule has 2 heterocycles. The number of benzene rings is 2. The van der Waals surface area contributed by atoms with Crippen molar-refractivity contribution in [2.75, 3.05) is 7.11 Å². The number of ether oxygens (including phenoxy) is 1. The van der Waals surface area contributed by atoms with E-state index in [-0.39, 0.29) is 0 Å². The van der Waals surface area contributed by atoms with Crippen LogP contribution in [-0.4, -0.2) is 38.0 Å². The van der Waals surface area contributed by atoms with Crippen molar-refractivity contribution in [3.8, 4) is 22.7 Å². The van der Waals surface area contributed by atoms with Gasteiger partial charge in [-0.1, -0.05) is 18.2 Å². The lowest BCUT2D eigenvalue weighted by Crippen LogP contribution is -1.94. The standard InChI is InChI=1S/C19H16N6OS/c1-26-17-9-7-14(8-10-17)18-15(11-21-25-13-20-22-19(25)27)12-24(23-18)16-5-3-2-4-6-16/h2-13H,1H3,(H,22,27)/b21-11-. The van der Waals surface area contributed by atoms with E-state index in [1.54, 1.807) is 13.3 Å². The first kappa shape index (κ1) is 16.9. The van der Waals surface area contributed by atoms with E-state index in [4.69, 9.17) is 22.1 Å². The van der Waals surface area contributed by atoms with Gasteiger partial charge in [-0.05, 0) is 48.6 Å². The second-order valence-electron chi connectivity index (χ2n) is 5.69. The third kappa shape index (κ3) is 3.56. The fourth-order valence-corrected chi connectivity index (χ4v) is 2.76. The number of hydrogen-bond acceptors (Lipinski definition) is 5. The summed E-state index contributed by atoms with van der Waals surface area (Å²) in [6.45, 7) is 0. The van der Waals surface area contributed by atoms with Crippen LogP contribution in [0.2, 0.25) is 0 Å². The second kappa shape index (κ2) is 7.38. The molecule has 1 N–H and O–H groups in total. The molecule has 0 aliphatic carbocycles. The Morgan fingerprint density at radius 3 is 2.56 bits per heavy atom. The summed E-state index contributed by atoms with van der Waals surface area (Å²) in [5.74, 6) is 0.793. The lowest BCUT2D eigenvalue weighted by Gasteiger charge is -2.02. The Balaban J connectivity index is 1.79. The molecule has 4 rings (SSSR count). The van der Waals surface area contributed by atoms with E-state index in [1.807, 2.05) is 65.5 Å². The van der Waals surface area contributed by atoms with Crippen LogP contribution in [0.1, 0.15) is 5.56 Å². The van der Waals surface area contributed by atoms with Gasteiger partial charge in [-0.15, -0.1) is 0 Å².